The summed E-state index contributed by atoms with van der Waals surface area (Å²) < 4.78 is 11.1. The van der Waals surface area contributed by atoms with Gasteiger partial charge in [0.1, 0.15) is 11.3 Å². The van der Waals surface area contributed by atoms with Gasteiger partial charge < -0.3 is 19.0 Å². The fraction of sp³-hybridized carbons (Fsp3) is 0.250. The summed E-state index contributed by atoms with van der Waals surface area (Å²) in [5.41, 5.74) is 3.55. The number of ether oxygens (including phenoxy) is 1. The van der Waals surface area contributed by atoms with Crippen LogP contribution in [0.1, 0.15) is 16.1 Å². The Morgan fingerprint density at radius 3 is 2.55 bits per heavy atom. The van der Waals surface area contributed by atoms with Gasteiger partial charge in [0.15, 0.2) is 5.58 Å². The fourth-order valence-electron chi connectivity index (χ4n) is 3.97. The molecule has 33 heavy (non-hydrogen) atoms. The van der Waals surface area contributed by atoms with Crippen LogP contribution < -0.4 is 15.0 Å². The third kappa shape index (κ3) is 4.17. The molecule has 0 saturated carbocycles. The number of methoxy groups -OCH3 is 1. The van der Waals surface area contributed by atoms with Gasteiger partial charge in [0.2, 0.25) is 5.95 Å². The molecule has 1 N–H and O–H groups in total. The molecule has 0 aliphatic carbocycles. The molecular weight excluding hydrogens is 420 g/mol. The number of aromatic nitrogens is 3. The molecule has 0 atom stereocenters. The Morgan fingerprint density at radius 1 is 1.03 bits per heavy atom. The molecule has 1 fully saturated rings. The number of carbonyl (C=O) groups excluding carboxylic acids is 1. The minimum absolute atomic E-state index is 0.0689. The molecule has 3 heterocycles. The van der Waals surface area contributed by atoms with Gasteiger partial charge in [0, 0.05) is 32.4 Å². The Hall–Kier alpha value is -4.14. The van der Waals surface area contributed by atoms with E-state index in [-0.39, 0.29) is 5.91 Å². The van der Waals surface area contributed by atoms with Gasteiger partial charge in [0.25, 0.3) is 5.91 Å². The van der Waals surface area contributed by atoms with Gasteiger partial charge >= 0.3 is 6.01 Å². The fourth-order valence-corrected chi connectivity index (χ4v) is 3.97. The van der Waals surface area contributed by atoms with Crippen molar-refractivity contribution < 1.29 is 13.9 Å². The van der Waals surface area contributed by atoms with Gasteiger partial charge in [-0.25, -0.2) is 9.97 Å². The molecule has 9 nitrogen and oxygen atoms in total. The average molecular weight is 444 g/mol. The smallest absolute Gasteiger partial charge is 0.302 e. The first-order valence-electron chi connectivity index (χ1n) is 10.8. The topological polar surface area (TPSA) is 96.6 Å². The number of carbonyl (C=O) groups is 1. The summed E-state index contributed by atoms with van der Waals surface area (Å²) in [6.45, 7) is 4.47. The molecule has 9 heteroatoms. The zero-order valence-electron chi connectivity index (χ0n) is 18.5. The maximum atomic E-state index is 13.1. The van der Waals surface area contributed by atoms with E-state index in [9.17, 15) is 4.79 Å². The van der Waals surface area contributed by atoms with Crippen molar-refractivity contribution in [1.29, 1.82) is 0 Å². The molecular formula is C24H24N6O3. The highest BCUT2D eigenvalue weighted by Crippen LogP contribution is 2.28. The Kier molecular flexibility index (Phi) is 5.52. The molecule has 1 aliphatic rings. The van der Waals surface area contributed by atoms with Gasteiger partial charge in [-0.1, -0.05) is 24.3 Å². The van der Waals surface area contributed by atoms with Crippen LogP contribution in [0.2, 0.25) is 0 Å². The van der Waals surface area contributed by atoms with E-state index < -0.39 is 0 Å². The van der Waals surface area contributed by atoms with E-state index in [0.717, 1.165) is 30.0 Å². The van der Waals surface area contributed by atoms with Crippen molar-refractivity contribution in [2.45, 2.75) is 6.92 Å². The second kappa shape index (κ2) is 8.78. The third-order valence-electron chi connectivity index (χ3n) is 5.72. The normalized spacial score (nSPS) is 13.9. The van der Waals surface area contributed by atoms with E-state index in [1.165, 1.54) is 0 Å². The predicted octanol–water partition coefficient (Wildman–Crippen LogP) is 3.64. The molecule has 5 rings (SSSR count). The second-order valence-corrected chi connectivity index (χ2v) is 7.76. The molecule has 2 aromatic carbocycles. The number of rotatable bonds is 5. The van der Waals surface area contributed by atoms with Crippen molar-refractivity contribution in [3.63, 3.8) is 0 Å². The average Bonchev–Trinajstić information content (AvgIpc) is 3.26. The van der Waals surface area contributed by atoms with E-state index in [4.69, 9.17) is 9.15 Å². The second-order valence-electron chi connectivity index (χ2n) is 7.76. The number of oxazole rings is 1. The molecule has 2 aromatic heterocycles. The number of hydrogen-bond acceptors (Lipinski definition) is 8. The number of piperazine rings is 1. The highest BCUT2D eigenvalue weighted by molar-refractivity contribution is 5.95. The summed E-state index contributed by atoms with van der Waals surface area (Å²) in [6.07, 6.45) is 1.56. The molecule has 0 spiro atoms. The predicted molar refractivity (Wildman–Crippen MR) is 125 cm³/mol. The van der Waals surface area contributed by atoms with Gasteiger partial charge in [-0.3, -0.25) is 10.1 Å². The van der Waals surface area contributed by atoms with E-state index >= 15 is 0 Å². The molecule has 4 aromatic rings. The minimum atomic E-state index is -0.0689. The lowest BCUT2D eigenvalue weighted by atomic mass is 10.2. The van der Waals surface area contributed by atoms with E-state index in [2.05, 4.69) is 25.2 Å². The number of fused-ring (bicyclic) bond motifs is 1. The van der Waals surface area contributed by atoms with Crippen LogP contribution in [-0.4, -0.2) is 59.0 Å². The lowest BCUT2D eigenvalue weighted by Crippen LogP contribution is -2.49. The monoisotopic (exact) mass is 444 g/mol. The van der Waals surface area contributed by atoms with E-state index in [1.54, 1.807) is 20.2 Å². The molecule has 1 saturated heterocycles. The molecule has 0 bridgehead atoms. The van der Waals surface area contributed by atoms with Crippen LogP contribution in [0.4, 0.5) is 17.7 Å². The molecule has 1 aliphatic heterocycles. The first-order chi connectivity index (χ1) is 16.1. The van der Waals surface area contributed by atoms with Crippen molar-refractivity contribution in [2.24, 2.45) is 0 Å². The van der Waals surface area contributed by atoms with Crippen LogP contribution in [-0.2, 0) is 0 Å². The summed E-state index contributed by atoms with van der Waals surface area (Å²) in [7, 11) is 1.67. The van der Waals surface area contributed by atoms with Gasteiger partial charge in [0.05, 0.1) is 24.1 Å². The molecule has 0 radical (unpaired) electrons. The summed E-state index contributed by atoms with van der Waals surface area (Å²) in [5.74, 6) is 1.10. The summed E-state index contributed by atoms with van der Waals surface area (Å²) in [6, 6.07) is 15.7. The molecule has 1 amide bonds. The number of nitrogens with one attached hydrogen (secondary N) is 1. The SMILES string of the molecule is COc1ccccc1N1CCN(C(=O)c2cnc(Nc3nc4ccccc4o3)nc2C)CC1. The van der Waals surface area contributed by atoms with Crippen molar-refractivity contribution in [1.82, 2.24) is 19.9 Å². The van der Waals surface area contributed by atoms with E-state index in [0.29, 0.717) is 41.9 Å². The highest BCUT2D eigenvalue weighted by atomic mass is 16.5. The zero-order valence-corrected chi connectivity index (χ0v) is 18.5. The van der Waals surface area contributed by atoms with Gasteiger partial charge in [-0.2, -0.15) is 4.98 Å². The van der Waals surface area contributed by atoms with Crippen LogP contribution in [0.15, 0.2) is 59.1 Å². The van der Waals surface area contributed by atoms with Crippen molar-refractivity contribution in [2.75, 3.05) is 43.5 Å². The van der Waals surface area contributed by atoms with Gasteiger partial charge in [-0.05, 0) is 31.2 Å². The van der Waals surface area contributed by atoms with Crippen molar-refractivity contribution in [3.8, 4) is 5.75 Å². The first-order valence-corrected chi connectivity index (χ1v) is 10.8. The number of hydrogen-bond donors (Lipinski definition) is 1. The third-order valence-corrected chi connectivity index (χ3v) is 5.72. The Bertz CT molecular complexity index is 1260. The molecule has 168 valence electrons. The van der Waals surface area contributed by atoms with Crippen molar-refractivity contribution in [3.05, 3.63) is 66.0 Å². The quantitative estimate of drug-likeness (QED) is 0.498. The lowest BCUT2D eigenvalue weighted by Gasteiger charge is -2.36. The number of amides is 1. The maximum Gasteiger partial charge on any atom is 0.302 e. The first kappa shape index (κ1) is 20.7. The van der Waals surface area contributed by atoms with Crippen LogP contribution >= 0.6 is 0 Å². The number of nitrogens with zero attached hydrogens (tertiary/aromatic N) is 5. The summed E-state index contributed by atoms with van der Waals surface area (Å²) >= 11 is 0. The van der Waals surface area contributed by atoms with Crippen LogP contribution in [0.3, 0.4) is 0 Å². The van der Waals surface area contributed by atoms with Crippen LogP contribution in [0, 0.1) is 6.92 Å². The minimum Gasteiger partial charge on any atom is -0.495 e. The molecule has 0 unspecified atom stereocenters. The van der Waals surface area contributed by atoms with Crippen LogP contribution in [0.5, 0.6) is 5.75 Å². The standard InChI is InChI=1S/C24H24N6O3/c1-16-17(15-25-23(26-16)28-24-27-18-7-3-5-9-20(18)33-24)22(31)30-13-11-29(12-14-30)19-8-4-6-10-21(19)32-2/h3-10,15H,11-14H2,1-2H3,(H,25,26,27,28). The largest absolute Gasteiger partial charge is 0.495 e. The highest BCUT2D eigenvalue weighted by Gasteiger charge is 2.25. The zero-order chi connectivity index (χ0) is 22.8. The number of benzene rings is 2. The maximum absolute atomic E-state index is 13.1. The lowest BCUT2D eigenvalue weighted by molar-refractivity contribution is 0.0745. The number of anilines is 3. The van der Waals surface area contributed by atoms with Gasteiger partial charge in [-0.15, -0.1) is 0 Å². The Balaban J connectivity index is 1.25. The summed E-state index contributed by atoms with van der Waals surface area (Å²) in [4.78, 5) is 30.3. The summed E-state index contributed by atoms with van der Waals surface area (Å²) in [5, 5.41) is 2.97. The van der Waals surface area contributed by atoms with Crippen molar-refractivity contribution >= 4 is 34.7 Å². The van der Waals surface area contributed by atoms with Crippen LogP contribution in [0.25, 0.3) is 11.1 Å². The Labute approximate surface area is 191 Å². The Morgan fingerprint density at radius 2 is 1.79 bits per heavy atom. The number of aryl methyl sites for hydroxylation is 1. The van der Waals surface area contributed by atoms with E-state index in [1.807, 2.05) is 53.4 Å². The number of para-hydroxylation sites is 4.